The van der Waals surface area contributed by atoms with Gasteiger partial charge in [0.2, 0.25) is 5.95 Å². The molecule has 0 aromatic carbocycles. The molecule has 0 aliphatic rings. The fraction of sp³-hybridized carbons (Fsp3) is 0.636. The largest absolute Gasteiger partial charge is 0.467 e. The van der Waals surface area contributed by atoms with Crippen molar-refractivity contribution in [2.75, 3.05) is 25.1 Å². The summed E-state index contributed by atoms with van der Waals surface area (Å²) in [4.78, 5) is 18.1. The molecule has 1 N–H and O–H groups in total. The quantitative estimate of drug-likeness (QED) is 0.566. The topological polar surface area (TPSA) is 99.4 Å². The predicted octanol–water partition coefficient (Wildman–Crippen LogP) is 1.62. The SMILES string of the molecule is CCNc1ncc([N+](=O)[O-])c(OC(C)COCC)n1. The summed E-state index contributed by atoms with van der Waals surface area (Å²) in [6.45, 7) is 7.02. The average Bonchev–Trinajstić information content (AvgIpc) is 2.36. The molecule has 0 saturated heterocycles. The van der Waals surface area contributed by atoms with Gasteiger partial charge in [0.05, 0.1) is 11.5 Å². The highest BCUT2D eigenvalue weighted by atomic mass is 16.6. The molecule has 1 unspecified atom stereocenters. The number of nitrogens with zero attached hydrogens (tertiary/aromatic N) is 3. The van der Waals surface area contributed by atoms with Gasteiger partial charge in [0.1, 0.15) is 12.3 Å². The molecule has 0 fully saturated rings. The zero-order valence-corrected chi connectivity index (χ0v) is 11.3. The van der Waals surface area contributed by atoms with Gasteiger partial charge in [-0.05, 0) is 20.8 Å². The molecule has 19 heavy (non-hydrogen) atoms. The lowest BCUT2D eigenvalue weighted by molar-refractivity contribution is -0.386. The second-order valence-corrected chi connectivity index (χ2v) is 3.76. The molecular weight excluding hydrogens is 252 g/mol. The predicted molar refractivity (Wildman–Crippen MR) is 69.4 cm³/mol. The number of hydrogen-bond donors (Lipinski definition) is 1. The Balaban J connectivity index is 2.87. The van der Waals surface area contributed by atoms with Crippen LogP contribution in [0.15, 0.2) is 6.20 Å². The molecule has 0 bridgehead atoms. The van der Waals surface area contributed by atoms with E-state index in [0.29, 0.717) is 25.7 Å². The van der Waals surface area contributed by atoms with Crippen molar-refractivity contribution in [3.8, 4) is 5.88 Å². The van der Waals surface area contributed by atoms with Crippen molar-refractivity contribution in [3.05, 3.63) is 16.3 Å². The average molecular weight is 270 g/mol. The lowest BCUT2D eigenvalue weighted by Gasteiger charge is -2.14. The lowest BCUT2D eigenvalue weighted by Crippen LogP contribution is -2.20. The fourth-order valence-corrected chi connectivity index (χ4v) is 1.32. The van der Waals surface area contributed by atoms with Gasteiger partial charge in [-0.3, -0.25) is 10.1 Å². The van der Waals surface area contributed by atoms with E-state index >= 15 is 0 Å². The number of ether oxygens (including phenoxy) is 2. The van der Waals surface area contributed by atoms with Crippen LogP contribution in [0.2, 0.25) is 0 Å². The van der Waals surface area contributed by atoms with Gasteiger partial charge in [0.15, 0.2) is 0 Å². The lowest BCUT2D eigenvalue weighted by atomic mass is 10.4. The molecule has 0 spiro atoms. The normalized spacial score (nSPS) is 11.9. The van der Waals surface area contributed by atoms with Gasteiger partial charge in [-0.2, -0.15) is 4.98 Å². The maximum absolute atomic E-state index is 10.9. The van der Waals surface area contributed by atoms with E-state index in [1.165, 1.54) is 0 Å². The highest BCUT2D eigenvalue weighted by molar-refractivity contribution is 5.43. The molecule has 1 atom stereocenters. The molecule has 1 aromatic rings. The van der Waals surface area contributed by atoms with Gasteiger partial charge in [-0.15, -0.1) is 0 Å². The van der Waals surface area contributed by atoms with E-state index in [0.717, 1.165) is 6.20 Å². The number of rotatable bonds is 8. The van der Waals surface area contributed by atoms with E-state index < -0.39 is 4.92 Å². The van der Waals surface area contributed by atoms with Gasteiger partial charge in [-0.25, -0.2) is 4.98 Å². The Morgan fingerprint density at radius 1 is 1.53 bits per heavy atom. The van der Waals surface area contributed by atoms with E-state index in [1.54, 1.807) is 6.92 Å². The molecule has 106 valence electrons. The Labute approximate surface area is 111 Å². The third-order valence-electron chi connectivity index (χ3n) is 2.14. The zero-order valence-electron chi connectivity index (χ0n) is 11.3. The molecule has 8 nitrogen and oxygen atoms in total. The van der Waals surface area contributed by atoms with Crippen LogP contribution in [0.4, 0.5) is 11.6 Å². The first-order valence-corrected chi connectivity index (χ1v) is 6.08. The van der Waals surface area contributed by atoms with Crippen molar-refractivity contribution in [1.82, 2.24) is 9.97 Å². The number of nitrogens with one attached hydrogen (secondary N) is 1. The number of aromatic nitrogens is 2. The van der Waals surface area contributed by atoms with Crippen LogP contribution in [0.5, 0.6) is 5.88 Å². The highest BCUT2D eigenvalue weighted by Gasteiger charge is 2.20. The van der Waals surface area contributed by atoms with Crippen molar-refractivity contribution in [1.29, 1.82) is 0 Å². The van der Waals surface area contributed by atoms with E-state index in [9.17, 15) is 10.1 Å². The van der Waals surface area contributed by atoms with E-state index in [4.69, 9.17) is 9.47 Å². The van der Waals surface area contributed by atoms with E-state index in [1.807, 2.05) is 13.8 Å². The first-order valence-electron chi connectivity index (χ1n) is 6.08. The third kappa shape index (κ3) is 4.66. The van der Waals surface area contributed by atoms with Gasteiger partial charge in [0.25, 0.3) is 5.88 Å². The standard InChI is InChI=1S/C11H18N4O4/c1-4-12-11-13-6-9(15(16)17)10(14-11)19-8(3)7-18-5-2/h6,8H,4-5,7H2,1-3H3,(H,12,13,14). The van der Waals surface area contributed by atoms with Crippen LogP contribution < -0.4 is 10.1 Å². The van der Waals surface area contributed by atoms with E-state index in [2.05, 4.69) is 15.3 Å². The van der Waals surface area contributed by atoms with Crippen LogP contribution in [-0.2, 0) is 4.74 Å². The number of anilines is 1. The van der Waals surface area contributed by atoms with Crippen LogP contribution in [0.3, 0.4) is 0 Å². The molecule has 0 aliphatic heterocycles. The zero-order chi connectivity index (χ0) is 14.3. The summed E-state index contributed by atoms with van der Waals surface area (Å²) in [5.74, 6) is 0.245. The summed E-state index contributed by atoms with van der Waals surface area (Å²) in [6.07, 6.45) is 0.802. The summed E-state index contributed by atoms with van der Waals surface area (Å²) in [5, 5.41) is 13.8. The summed E-state index contributed by atoms with van der Waals surface area (Å²) in [7, 11) is 0. The van der Waals surface area contributed by atoms with Crippen LogP contribution in [0, 0.1) is 10.1 Å². The Kier molecular flexibility index (Phi) is 5.94. The summed E-state index contributed by atoms with van der Waals surface area (Å²) in [6, 6.07) is 0. The van der Waals surface area contributed by atoms with Gasteiger partial charge in [0, 0.05) is 13.2 Å². The van der Waals surface area contributed by atoms with Crippen molar-refractivity contribution >= 4 is 11.6 Å². The second kappa shape index (κ2) is 7.47. The number of hydrogen-bond acceptors (Lipinski definition) is 7. The first-order chi connectivity index (χ1) is 9.08. The minimum Gasteiger partial charge on any atom is -0.467 e. The van der Waals surface area contributed by atoms with Gasteiger partial charge < -0.3 is 14.8 Å². The van der Waals surface area contributed by atoms with Crippen LogP contribution in [-0.4, -0.2) is 40.8 Å². The van der Waals surface area contributed by atoms with Crippen LogP contribution >= 0.6 is 0 Å². The summed E-state index contributed by atoms with van der Waals surface area (Å²) in [5.41, 5.74) is -0.259. The van der Waals surface area contributed by atoms with Crippen molar-refractivity contribution in [2.24, 2.45) is 0 Å². The van der Waals surface area contributed by atoms with Crippen molar-refractivity contribution < 1.29 is 14.4 Å². The van der Waals surface area contributed by atoms with E-state index in [-0.39, 0.29) is 17.7 Å². The Hall–Kier alpha value is -1.96. The molecule has 1 heterocycles. The third-order valence-corrected chi connectivity index (χ3v) is 2.14. The molecule has 0 aliphatic carbocycles. The van der Waals surface area contributed by atoms with Gasteiger partial charge >= 0.3 is 5.69 Å². The Morgan fingerprint density at radius 3 is 2.84 bits per heavy atom. The molecular formula is C11H18N4O4. The Morgan fingerprint density at radius 2 is 2.26 bits per heavy atom. The summed E-state index contributed by atoms with van der Waals surface area (Å²) >= 11 is 0. The second-order valence-electron chi connectivity index (χ2n) is 3.76. The van der Waals surface area contributed by atoms with Gasteiger partial charge in [-0.1, -0.05) is 0 Å². The summed E-state index contributed by atoms with van der Waals surface area (Å²) < 4.78 is 10.6. The molecule has 0 amide bonds. The molecule has 0 saturated carbocycles. The highest BCUT2D eigenvalue weighted by Crippen LogP contribution is 2.25. The first kappa shape index (κ1) is 15.1. The Bertz CT molecular complexity index is 427. The monoisotopic (exact) mass is 270 g/mol. The molecule has 1 rings (SSSR count). The van der Waals surface area contributed by atoms with Crippen LogP contribution in [0.25, 0.3) is 0 Å². The van der Waals surface area contributed by atoms with Crippen molar-refractivity contribution in [3.63, 3.8) is 0 Å². The van der Waals surface area contributed by atoms with Crippen LogP contribution in [0.1, 0.15) is 20.8 Å². The maximum Gasteiger partial charge on any atom is 0.349 e. The van der Waals surface area contributed by atoms with Crippen molar-refractivity contribution in [2.45, 2.75) is 26.9 Å². The molecule has 8 heteroatoms. The fourth-order valence-electron chi connectivity index (χ4n) is 1.32. The maximum atomic E-state index is 10.9. The molecule has 1 aromatic heterocycles. The minimum absolute atomic E-state index is 0.0526. The number of nitro groups is 1. The minimum atomic E-state index is -0.571. The molecule has 0 radical (unpaired) electrons. The smallest absolute Gasteiger partial charge is 0.349 e.